The number of H-pyrrole nitrogens is 1. The van der Waals surface area contributed by atoms with Gasteiger partial charge in [-0.1, -0.05) is 12.1 Å². The molecule has 1 amide bonds. The molecule has 5 aromatic rings. The summed E-state index contributed by atoms with van der Waals surface area (Å²) >= 11 is 0. The van der Waals surface area contributed by atoms with Gasteiger partial charge in [-0.3, -0.25) is 19.6 Å². The standard InChI is InChI=1S/C29H30N6O3/c1-17-10-23(22-6-5-9-30-26(22)11-17)18(2)38-21-7-8-25-24(12-21)27(33-32-25)19-13-31-35(14-19)20-15-34(16-20)28(36)29(3,4)37/h5-14,18,20,37H,15-16H2,1-4H3,(H,32,33). The maximum Gasteiger partial charge on any atom is 0.254 e. The Bertz CT molecular complexity index is 1660. The van der Waals surface area contributed by atoms with Crippen LogP contribution in [0.4, 0.5) is 0 Å². The number of rotatable bonds is 6. The van der Waals surface area contributed by atoms with Crippen LogP contribution in [-0.4, -0.2) is 59.6 Å². The molecule has 2 aromatic carbocycles. The molecular formula is C29H30N6O3. The van der Waals surface area contributed by atoms with Crippen molar-refractivity contribution in [1.82, 2.24) is 29.9 Å². The van der Waals surface area contributed by atoms with E-state index >= 15 is 0 Å². The minimum absolute atomic E-state index is 0.0682. The SMILES string of the molecule is Cc1cc(C(C)Oc2ccc3[nH]nc(-c4cnn(C5CN(C(=O)C(C)(C)O)C5)c4)c3c2)c2cccnc2c1. The van der Waals surface area contributed by atoms with Crippen LogP contribution in [0.3, 0.4) is 0 Å². The van der Waals surface area contributed by atoms with E-state index in [0.717, 1.165) is 49.9 Å². The number of fused-ring (bicyclic) bond motifs is 2. The summed E-state index contributed by atoms with van der Waals surface area (Å²) in [6.45, 7) is 8.18. The normalized spacial score (nSPS) is 15.1. The Kier molecular flexibility index (Phi) is 5.68. The molecule has 0 saturated carbocycles. The topological polar surface area (TPSA) is 109 Å². The second-order valence-electron chi connectivity index (χ2n) is 10.6. The second-order valence-corrected chi connectivity index (χ2v) is 10.6. The third-order valence-electron chi connectivity index (χ3n) is 7.10. The molecule has 6 rings (SSSR count). The number of nitrogens with zero attached hydrogens (tertiary/aromatic N) is 5. The number of aromatic amines is 1. The molecule has 0 aliphatic carbocycles. The molecule has 0 bridgehead atoms. The van der Waals surface area contributed by atoms with Gasteiger partial charge in [0.1, 0.15) is 23.1 Å². The summed E-state index contributed by atoms with van der Waals surface area (Å²) in [6, 6.07) is 14.3. The third-order valence-corrected chi connectivity index (χ3v) is 7.10. The van der Waals surface area contributed by atoms with Gasteiger partial charge in [0, 0.05) is 47.4 Å². The van der Waals surface area contributed by atoms with Crippen molar-refractivity contribution >= 4 is 27.7 Å². The molecule has 1 saturated heterocycles. The van der Waals surface area contributed by atoms with Gasteiger partial charge in [-0.05, 0) is 63.6 Å². The largest absolute Gasteiger partial charge is 0.486 e. The number of aliphatic hydroxyl groups is 1. The van der Waals surface area contributed by atoms with E-state index in [1.54, 1.807) is 11.1 Å². The molecule has 2 N–H and O–H groups in total. The quantitative estimate of drug-likeness (QED) is 0.346. The average Bonchev–Trinajstić information content (AvgIpc) is 3.49. The van der Waals surface area contributed by atoms with E-state index in [1.807, 2.05) is 41.3 Å². The Morgan fingerprint density at radius 2 is 2.00 bits per heavy atom. The van der Waals surface area contributed by atoms with Crippen LogP contribution >= 0.6 is 0 Å². The molecule has 38 heavy (non-hydrogen) atoms. The molecule has 0 radical (unpaired) electrons. The number of carbonyl (C=O) groups is 1. The van der Waals surface area contributed by atoms with Gasteiger partial charge in [0.05, 0.1) is 23.3 Å². The van der Waals surface area contributed by atoms with Gasteiger partial charge in [0.15, 0.2) is 0 Å². The summed E-state index contributed by atoms with van der Waals surface area (Å²) in [6.07, 6.45) is 5.38. The minimum Gasteiger partial charge on any atom is -0.486 e. The zero-order valence-corrected chi connectivity index (χ0v) is 21.8. The van der Waals surface area contributed by atoms with Crippen LogP contribution in [0.5, 0.6) is 5.75 Å². The Labute approximate surface area is 220 Å². The molecule has 1 aliphatic rings. The van der Waals surface area contributed by atoms with Crippen LogP contribution in [0.25, 0.3) is 33.1 Å². The van der Waals surface area contributed by atoms with Crippen molar-refractivity contribution in [2.24, 2.45) is 0 Å². The number of aryl methyl sites for hydroxylation is 1. The van der Waals surface area contributed by atoms with Crippen molar-refractivity contribution in [2.75, 3.05) is 13.1 Å². The van der Waals surface area contributed by atoms with E-state index in [4.69, 9.17) is 4.74 Å². The van der Waals surface area contributed by atoms with Gasteiger partial charge in [0.25, 0.3) is 5.91 Å². The summed E-state index contributed by atoms with van der Waals surface area (Å²) in [7, 11) is 0. The van der Waals surface area contributed by atoms with Crippen LogP contribution in [0, 0.1) is 6.92 Å². The van der Waals surface area contributed by atoms with Crippen molar-refractivity contribution in [2.45, 2.75) is 45.4 Å². The summed E-state index contributed by atoms with van der Waals surface area (Å²) in [5.74, 6) is 0.481. The number of hydrogen-bond donors (Lipinski definition) is 2. The fourth-order valence-corrected chi connectivity index (χ4v) is 5.08. The zero-order chi connectivity index (χ0) is 26.6. The van der Waals surface area contributed by atoms with Gasteiger partial charge >= 0.3 is 0 Å². The Hall–Kier alpha value is -4.24. The summed E-state index contributed by atoms with van der Waals surface area (Å²) in [5, 5.41) is 24.2. The molecule has 0 spiro atoms. The molecule has 3 aromatic heterocycles. The van der Waals surface area contributed by atoms with Gasteiger partial charge in [-0.2, -0.15) is 10.2 Å². The van der Waals surface area contributed by atoms with Crippen LogP contribution in [-0.2, 0) is 4.79 Å². The zero-order valence-electron chi connectivity index (χ0n) is 21.8. The first-order valence-corrected chi connectivity index (χ1v) is 12.7. The lowest BCUT2D eigenvalue weighted by Crippen LogP contribution is -2.56. The van der Waals surface area contributed by atoms with Gasteiger partial charge in [-0.15, -0.1) is 0 Å². The highest BCUT2D eigenvalue weighted by Crippen LogP contribution is 2.34. The number of pyridine rings is 1. The molecule has 4 heterocycles. The van der Waals surface area contributed by atoms with Crippen molar-refractivity contribution in [3.05, 3.63) is 72.2 Å². The Morgan fingerprint density at radius 1 is 1.18 bits per heavy atom. The van der Waals surface area contributed by atoms with Crippen molar-refractivity contribution in [3.63, 3.8) is 0 Å². The molecule has 9 nitrogen and oxygen atoms in total. The molecule has 1 atom stereocenters. The lowest BCUT2D eigenvalue weighted by molar-refractivity contribution is -0.154. The fraction of sp³-hybridized carbons (Fsp3) is 0.310. The number of hydrogen-bond acceptors (Lipinski definition) is 6. The highest BCUT2D eigenvalue weighted by atomic mass is 16.5. The molecule has 1 fully saturated rings. The minimum atomic E-state index is -1.37. The maximum atomic E-state index is 12.3. The number of nitrogens with one attached hydrogen (secondary N) is 1. The molecule has 9 heteroatoms. The summed E-state index contributed by atoms with van der Waals surface area (Å²) in [5.41, 5.74) is 4.41. The first-order valence-electron chi connectivity index (χ1n) is 12.7. The average molecular weight is 511 g/mol. The third kappa shape index (κ3) is 4.28. The second kappa shape index (κ2) is 8.95. The van der Waals surface area contributed by atoms with Crippen molar-refractivity contribution < 1.29 is 14.6 Å². The number of likely N-dealkylation sites (tertiary alicyclic amines) is 1. The molecular weight excluding hydrogens is 480 g/mol. The van der Waals surface area contributed by atoms with Crippen molar-refractivity contribution in [3.8, 4) is 17.0 Å². The van der Waals surface area contributed by atoms with E-state index in [0.29, 0.717) is 13.1 Å². The van der Waals surface area contributed by atoms with E-state index in [2.05, 4.69) is 52.3 Å². The van der Waals surface area contributed by atoms with E-state index in [1.165, 1.54) is 13.8 Å². The Morgan fingerprint density at radius 3 is 2.79 bits per heavy atom. The number of ether oxygens (including phenoxy) is 1. The molecule has 194 valence electrons. The predicted octanol–water partition coefficient (Wildman–Crippen LogP) is 4.58. The highest BCUT2D eigenvalue weighted by molar-refractivity contribution is 5.93. The fourth-order valence-electron chi connectivity index (χ4n) is 5.08. The first kappa shape index (κ1) is 24.1. The summed E-state index contributed by atoms with van der Waals surface area (Å²) < 4.78 is 8.28. The Balaban J connectivity index is 1.23. The number of aromatic nitrogens is 5. The van der Waals surface area contributed by atoms with Crippen LogP contribution < -0.4 is 4.74 Å². The van der Waals surface area contributed by atoms with E-state index in [-0.39, 0.29) is 18.1 Å². The highest BCUT2D eigenvalue weighted by Gasteiger charge is 2.38. The number of amides is 1. The van der Waals surface area contributed by atoms with E-state index in [9.17, 15) is 9.90 Å². The van der Waals surface area contributed by atoms with Gasteiger partial charge < -0.3 is 14.7 Å². The lowest BCUT2D eigenvalue weighted by atomic mass is 10.0. The monoisotopic (exact) mass is 510 g/mol. The van der Waals surface area contributed by atoms with Crippen molar-refractivity contribution in [1.29, 1.82) is 0 Å². The van der Waals surface area contributed by atoms with Crippen LogP contribution in [0.2, 0.25) is 0 Å². The van der Waals surface area contributed by atoms with E-state index < -0.39 is 5.60 Å². The molecule has 1 unspecified atom stereocenters. The smallest absolute Gasteiger partial charge is 0.254 e. The predicted molar refractivity (Wildman–Crippen MR) is 145 cm³/mol. The number of benzene rings is 2. The van der Waals surface area contributed by atoms with Crippen LogP contribution in [0.1, 0.15) is 44.0 Å². The van der Waals surface area contributed by atoms with Gasteiger partial charge in [-0.25, -0.2) is 0 Å². The maximum absolute atomic E-state index is 12.3. The number of carbonyl (C=O) groups excluding carboxylic acids is 1. The first-order chi connectivity index (χ1) is 18.2. The molecule has 1 aliphatic heterocycles. The van der Waals surface area contributed by atoms with Gasteiger partial charge in [0.2, 0.25) is 0 Å². The van der Waals surface area contributed by atoms with Crippen LogP contribution in [0.15, 0.2) is 61.1 Å². The summed E-state index contributed by atoms with van der Waals surface area (Å²) in [4.78, 5) is 18.4. The lowest BCUT2D eigenvalue weighted by Gasteiger charge is -2.41.